The molecular formula is C41H39N3O5S2. The van der Waals surface area contributed by atoms with Gasteiger partial charge in [0.2, 0.25) is 5.91 Å². The van der Waals surface area contributed by atoms with Gasteiger partial charge in [0.25, 0.3) is 11.8 Å². The lowest BCUT2D eigenvalue weighted by molar-refractivity contribution is -0.114. The second kappa shape index (κ2) is 17.5. The van der Waals surface area contributed by atoms with Crippen LogP contribution in [-0.4, -0.2) is 36.1 Å². The second-order valence-electron chi connectivity index (χ2n) is 12.0. The van der Waals surface area contributed by atoms with Crippen LogP contribution < -0.4 is 16.0 Å². The van der Waals surface area contributed by atoms with Crippen molar-refractivity contribution in [1.82, 2.24) is 5.32 Å². The Hall–Kier alpha value is -5.45. The van der Waals surface area contributed by atoms with Gasteiger partial charge in [0.15, 0.2) is 0 Å². The van der Waals surface area contributed by atoms with Gasteiger partial charge in [-0.1, -0.05) is 92.2 Å². The molecule has 0 unspecified atom stereocenters. The van der Waals surface area contributed by atoms with Crippen molar-refractivity contribution in [2.24, 2.45) is 0 Å². The van der Waals surface area contributed by atoms with E-state index in [9.17, 15) is 19.2 Å². The zero-order valence-electron chi connectivity index (χ0n) is 28.8. The number of aryl methyl sites for hydroxylation is 1. The molecule has 0 bridgehead atoms. The Kier molecular flexibility index (Phi) is 12.6. The number of hydrogen-bond donors (Lipinski definition) is 3. The third-order valence-corrected chi connectivity index (χ3v) is 9.68. The van der Waals surface area contributed by atoms with Gasteiger partial charge in [0, 0.05) is 27.1 Å². The number of nitrogens with one attached hydrogen (secondary N) is 3. The predicted molar refractivity (Wildman–Crippen MR) is 207 cm³/mol. The van der Waals surface area contributed by atoms with Crippen LogP contribution in [0.4, 0.5) is 10.7 Å². The molecule has 4 aromatic carbocycles. The average molecular weight is 718 g/mol. The quantitative estimate of drug-likeness (QED) is 0.0636. The van der Waals surface area contributed by atoms with Crippen LogP contribution in [0.15, 0.2) is 119 Å². The number of thiophene rings is 1. The SMILES string of the molecule is CCOC(=O)c1c(-c2ccc(C)cc2)csc1NC(=O)CSc1cccc(NC(=O)/C(=C\c2ccc(C(C)C)cc2)NC(=O)c2ccccc2)c1. The van der Waals surface area contributed by atoms with Crippen molar-refractivity contribution in [3.63, 3.8) is 0 Å². The van der Waals surface area contributed by atoms with Crippen molar-refractivity contribution in [2.75, 3.05) is 23.0 Å². The van der Waals surface area contributed by atoms with Crippen LogP contribution in [0, 0.1) is 6.92 Å². The van der Waals surface area contributed by atoms with E-state index in [4.69, 9.17) is 4.74 Å². The second-order valence-corrected chi connectivity index (χ2v) is 13.9. The van der Waals surface area contributed by atoms with Gasteiger partial charge >= 0.3 is 5.97 Å². The molecule has 1 aromatic heterocycles. The molecule has 0 fully saturated rings. The van der Waals surface area contributed by atoms with Crippen molar-refractivity contribution in [3.8, 4) is 11.1 Å². The minimum Gasteiger partial charge on any atom is -0.462 e. The Morgan fingerprint density at radius 3 is 2.27 bits per heavy atom. The number of benzene rings is 4. The number of esters is 1. The molecule has 260 valence electrons. The summed E-state index contributed by atoms with van der Waals surface area (Å²) in [6.45, 7) is 8.16. The molecule has 0 radical (unpaired) electrons. The lowest BCUT2D eigenvalue weighted by Gasteiger charge is -2.13. The lowest BCUT2D eigenvalue weighted by atomic mass is 10.0. The van der Waals surface area contributed by atoms with Crippen LogP contribution in [-0.2, 0) is 14.3 Å². The van der Waals surface area contributed by atoms with Crippen molar-refractivity contribution >= 4 is 63.6 Å². The molecule has 0 spiro atoms. The third-order valence-electron chi connectivity index (χ3n) is 7.79. The predicted octanol–water partition coefficient (Wildman–Crippen LogP) is 9.16. The van der Waals surface area contributed by atoms with Gasteiger partial charge in [-0.2, -0.15) is 0 Å². The number of carbonyl (C=O) groups excluding carboxylic acids is 4. The van der Waals surface area contributed by atoms with E-state index in [1.165, 1.54) is 23.1 Å². The fourth-order valence-corrected chi connectivity index (χ4v) is 6.79. The Labute approximate surface area is 306 Å². The number of rotatable bonds is 13. The highest BCUT2D eigenvalue weighted by atomic mass is 32.2. The van der Waals surface area contributed by atoms with Gasteiger partial charge in [-0.15, -0.1) is 23.1 Å². The van der Waals surface area contributed by atoms with E-state index >= 15 is 0 Å². The van der Waals surface area contributed by atoms with E-state index in [2.05, 4.69) is 29.8 Å². The maximum atomic E-state index is 13.6. The Morgan fingerprint density at radius 2 is 1.59 bits per heavy atom. The summed E-state index contributed by atoms with van der Waals surface area (Å²) >= 11 is 2.55. The summed E-state index contributed by atoms with van der Waals surface area (Å²) < 4.78 is 5.32. The van der Waals surface area contributed by atoms with Crippen molar-refractivity contribution in [1.29, 1.82) is 0 Å². The molecule has 0 atom stereocenters. The number of hydrogen-bond acceptors (Lipinski definition) is 7. The molecule has 1 heterocycles. The summed E-state index contributed by atoms with van der Waals surface area (Å²) in [6, 6.07) is 31.4. The topological polar surface area (TPSA) is 114 Å². The maximum absolute atomic E-state index is 13.6. The first-order valence-electron chi connectivity index (χ1n) is 16.5. The van der Waals surface area contributed by atoms with Crippen LogP contribution >= 0.6 is 23.1 Å². The smallest absolute Gasteiger partial charge is 0.341 e. The van der Waals surface area contributed by atoms with Crippen molar-refractivity contribution in [2.45, 2.75) is 38.5 Å². The lowest BCUT2D eigenvalue weighted by Crippen LogP contribution is -2.30. The molecule has 3 amide bonds. The molecule has 0 saturated carbocycles. The summed E-state index contributed by atoms with van der Waals surface area (Å²) in [5.41, 5.74) is 5.90. The molecule has 0 aliphatic heterocycles. The Balaban J connectivity index is 1.28. The summed E-state index contributed by atoms with van der Waals surface area (Å²) in [4.78, 5) is 53.5. The molecule has 8 nitrogen and oxygen atoms in total. The summed E-state index contributed by atoms with van der Waals surface area (Å²) in [6.07, 6.45) is 1.64. The highest BCUT2D eigenvalue weighted by Gasteiger charge is 2.23. The fraction of sp³-hybridized carbons (Fsp3) is 0.171. The molecule has 0 aliphatic rings. The number of amides is 3. The van der Waals surface area contributed by atoms with Crippen LogP contribution in [0.5, 0.6) is 0 Å². The first-order valence-corrected chi connectivity index (χ1v) is 18.4. The molecule has 0 saturated heterocycles. The summed E-state index contributed by atoms with van der Waals surface area (Å²) in [5, 5.41) is 10.8. The van der Waals surface area contributed by atoms with Crippen molar-refractivity contribution < 1.29 is 23.9 Å². The van der Waals surface area contributed by atoms with E-state index in [1.54, 1.807) is 55.5 Å². The number of anilines is 2. The van der Waals surface area contributed by atoms with E-state index in [0.29, 0.717) is 33.3 Å². The average Bonchev–Trinajstić information content (AvgIpc) is 3.55. The summed E-state index contributed by atoms with van der Waals surface area (Å²) in [5.74, 6) is -1.29. The molecule has 10 heteroatoms. The van der Waals surface area contributed by atoms with Crippen LogP contribution in [0.25, 0.3) is 17.2 Å². The van der Waals surface area contributed by atoms with E-state index < -0.39 is 17.8 Å². The van der Waals surface area contributed by atoms with Gasteiger partial charge in [0.05, 0.1) is 12.4 Å². The standard InChI is InChI=1S/C41H39N3O5S2/c1-5-49-41(48)37-34(30-18-14-27(4)15-19-30)24-51-40(37)44-36(45)25-50-33-13-9-12-32(23-33)42-39(47)35(43-38(46)31-10-7-6-8-11-31)22-28-16-20-29(21-17-28)26(2)3/h6-24,26H,5,25H2,1-4H3,(H,42,47)(H,43,46)(H,44,45)/b35-22+. The fourth-order valence-electron chi connectivity index (χ4n) is 5.06. The van der Waals surface area contributed by atoms with E-state index in [-0.39, 0.29) is 24.0 Å². The monoisotopic (exact) mass is 717 g/mol. The van der Waals surface area contributed by atoms with Gasteiger partial charge in [-0.05, 0) is 72.9 Å². The number of thioether (sulfide) groups is 1. The molecule has 51 heavy (non-hydrogen) atoms. The highest BCUT2D eigenvalue weighted by Crippen LogP contribution is 2.36. The maximum Gasteiger partial charge on any atom is 0.341 e. The normalized spacial score (nSPS) is 11.2. The largest absolute Gasteiger partial charge is 0.462 e. The van der Waals surface area contributed by atoms with Crippen LogP contribution in [0.2, 0.25) is 0 Å². The van der Waals surface area contributed by atoms with Gasteiger partial charge < -0.3 is 20.7 Å². The minimum atomic E-state index is -0.499. The molecule has 3 N–H and O–H groups in total. The van der Waals surface area contributed by atoms with E-state index in [0.717, 1.165) is 27.1 Å². The minimum absolute atomic E-state index is 0.0576. The van der Waals surface area contributed by atoms with Crippen LogP contribution in [0.3, 0.4) is 0 Å². The van der Waals surface area contributed by atoms with Gasteiger partial charge in [0.1, 0.15) is 16.3 Å². The zero-order chi connectivity index (χ0) is 36.3. The van der Waals surface area contributed by atoms with E-state index in [1.807, 2.05) is 73.0 Å². The van der Waals surface area contributed by atoms with Crippen molar-refractivity contribution in [3.05, 3.63) is 142 Å². The first kappa shape index (κ1) is 36.8. The Bertz CT molecular complexity index is 2040. The van der Waals surface area contributed by atoms with Crippen LogP contribution in [0.1, 0.15) is 64.1 Å². The number of ether oxygens (including phenoxy) is 1. The first-order chi connectivity index (χ1) is 24.6. The molecule has 5 rings (SSSR count). The molecule has 0 aliphatic carbocycles. The Morgan fingerprint density at radius 1 is 0.863 bits per heavy atom. The highest BCUT2D eigenvalue weighted by molar-refractivity contribution is 8.00. The molecule has 5 aromatic rings. The number of carbonyl (C=O) groups is 4. The van der Waals surface area contributed by atoms with Gasteiger partial charge in [-0.25, -0.2) is 4.79 Å². The van der Waals surface area contributed by atoms with Gasteiger partial charge in [-0.3, -0.25) is 14.4 Å². The zero-order valence-corrected chi connectivity index (χ0v) is 30.5. The molecular weight excluding hydrogens is 679 g/mol. The summed E-state index contributed by atoms with van der Waals surface area (Å²) in [7, 11) is 0. The third kappa shape index (κ3) is 10.1.